The Kier molecular flexibility index (Phi) is 3.77. The minimum Gasteiger partial charge on any atom is -0.359 e. The van der Waals surface area contributed by atoms with Gasteiger partial charge in [-0.05, 0) is 31.6 Å². The summed E-state index contributed by atoms with van der Waals surface area (Å²) in [5.41, 5.74) is 0.337. The van der Waals surface area contributed by atoms with E-state index in [1.807, 2.05) is 22.6 Å². The van der Waals surface area contributed by atoms with Crippen LogP contribution in [0.3, 0.4) is 0 Å². The second kappa shape index (κ2) is 5.53. The van der Waals surface area contributed by atoms with E-state index in [9.17, 15) is 0 Å². The molecular weight excluding hydrogens is 258 g/mol. The number of thioether (sulfide) groups is 1. The van der Waals surface area contributed by atoms with E-state index in [1.165, 1.54) is 31.4 Å². The summed E-state index contributed by atoms with van der Waals surface area (Å²) in [6.45, 7) is 3.93. The Morgan fingerprint density at radius 2 is 2.37 bits per heavy atom. The summed E-state index contributed by atoms with van der Waals surface area (Å²) in [6.07, 6.45) is 8.86. The monoisotopic (exact) mass is 279 g/mol. The average molecular weight is 279 g/mol. The third kappa shape index (κ3) is 3.11. The quantitative estimate of drug-likeness (QED) is 0.918. The molecule has 0 aromatic carbocycles. The number of amidine groups is 1. The molecule has 0 amide bonds. The Morgan fingerprint density at radius 3 is 3.11 bits per heavy atom. The maximum atomic E-state index is 4.65. The van der Waals surface area contributed by atoms with Crippen LogP contribution in [0.1, 0.15) is 32.6 Å². The van der Waals surface area contributed by atoms with Crippen LogP contribution in [0.25, 0.3) is 0 Å². The van der Waals surface area contributed by atoms with Gasteiger partial charge in [-0.25, -0.2) is 0 Å². The predicted molar refractivity (Wildman–Crippen MR) is 78.3 cm³/mol. The van der Waals surface area contributed by atoms with Crippen molar-refractivity contribution in [3.8, 4) is 0 Å². The summed E-state index contributed by atoms with van der Waals surface area (Å²) in [6, 6.07) is 0. The smallest absolute Gasteiger partial charge is 0.157 e. The lowest BCUT2D eigenvalue weighted by Gasteiger charge is -2.35. The van der Waals surface area contributed by atoms with Gasteiger partial charge >= 0.3 is 0 Å². The highest BCUT2D eigenvalue weighted by molar-refractivity contribution is 8.14. The molecule has 104 valence electrons. The van der Waals surface area contributed by atoms with Gasteiger partial charge < -0.3 is 5.32 Å². The number of nitrogens with zero attached hydrogens (tertiary/aromatic N) is 4. The average Bonchev–Trinajstić information content (AvgIpc) is 3.05. The molecule has 1 aliphatic carbocycles. The normalized spacial score (nSPS) is 32.9. The number of rotatable bonds is 3. The van der Waals surface area contributed by atoms with Gasteiger partial charge in [0, 0.05) is 17.5 Å². The van der Waals surface area contributed by atoms with E-state index in [0.717, 1.165) is 24.2 Å². The largest absolute Gasteiger partial charge is 0.359 e. The zero-order valence-electron chi connectivity index (χ0n) is 11.4. The fourth-order valence-corrected chi connectivity index (χ4v) is 4.03. The van der Waals surface area contributed by atoms with Crippen LogP contribution in [0.2, 0.25) is 0 Å². The van der Waals surface area contributed by atoms with Gasteiger partial charge in [-0.3, -0.25) is 9.67 Å². The van der Waals surface area contributed by atoms with Crippen molar-refractivity contribution in [2.75, 3.05) is 12.3 Å². The van der Waals surface area contributed by atoms with E-state index < -0.39 is 0 Å². The number of aromatic nitrogens is 3. The topological polar surface area (TPSA) is 55.1 Å². The zero-order valence-corrected chi connectivity index (χ0v) is 12.2. The maximum Gasteiger partial charge on any atom is 0.157 e. The van der Waals surface area contributed by atoms with Crippen molar-refractivity contribution in [1.29, 1.82) is 0 Å². The van der Waals surface area contributed by atoms with Crippen LogP contribution in [0.5, 0.6) is 0 Å². The predicted octanol–water partition coefficient (Wildman–Crippen LogP) is 1.92. The van der Waals surface area contributed by atoms with Crippen molar-refractivity contribution >= 4 is 16.9 Å². The lowest BCUT2D eigenvalue weighted by atomic mass is 9.78. The Hall–Kier alpha value is -1.04. The highest BCUT2D eigenvalue weighted by atomic mass is 32.2. The van der Waals surface area contributed by atoms with Crippen LogP contribution in [0.4, 0.5) is 0 Å². The molecule has 19 heavy (non-hydrogen) atoms. The highest BCUT2D eigenvalue weighted by Gasteiger charge is 2.39. The number of hydrogen-bond acceptors (Lipinski definition) is 4. The molecule has 3 rings (SSSR count). The summed E-state index contributed by atoms with van der Waals surface area (Å²) in [5.74, 6) is 2.08. The van der Waals surface area contributed by atoms with Crippen molar-refractivity contribution in [1.82, 2.24) is 20.3 Å². The van der Waals surface area contributed by atoms with E-state index >= 15 is 0 Å². The van der Waals surface area contributed by atoms with Gasteiger partial charge in [0.15, 0.2) is 5.17 Å². The number of nitrogens with one attached hydrogen (secondary N) is 1. The first-order valence-corrected chi connectivity index (χ1v) is 8.04. The molecule has 1 aromatic rings. The first-order valence-electron chi connectivity index (χ1n) is 7.05. The molecular formula is C13H21N5S. The molecule has 2 fully saturated rings. The molecule has 0 unspecified atom stereocenters. The molecule has 0 bridgehead atoms. The van der Waals surface area contributed by atoms with Crippen LogP contribution in [-0.2, 0) is 6.54 Å². The molecule has 1 N–H and O–H groups in total. The first kappa shape index (κ1) is 13.0. The molecule has 1 aliphatic heterocycles. The van der Waals surface area contributed by atoms with Gasteiger partial charge in [-0.1, -0.05) is 23.9 Å². The Balaban J connectivity index is 1.51. The Labute approximate surface area is 118 Å². The highest BCUT2D eigenvalue weighted by Crippen LogP contribution is 2.38. The van der Waals surface area contributed by atoms with Gasteiger partial charge in [0.25, 0.3) is 0 Å². The SMILES string of the molecule is CC1CCC2(CC1)CSC(=NCCn1ccnn1)N2. The fraction of sp³-hybridized carbons (Fsp3) is 0.769. The maximum absolute atomic E-state index is 4.65. The van der Waals surface area contributed by atoms with Gasteiger partial charge in [0.1, 0.15) is 0 Å². The Bertz CT molecular complexity index is 434. The second-order valence-electron chi connectivity index (χ2n) is 5.73. The summed E-state index contributed by atoms with van der Waals surface area (Å²) < 4.78 is 1.82. The van der Waals surface area contributed by atoms with Gasteiger partial charge in [0.2, 0.25) is 0 Å². The van der Waals surface area contributed by atoms with E-state index in [0.29, 0.717) is 5.54 Å². The fourth-order valence-electron chi connectivity index (χ4n) is 2.78. The van der Waals surface area contributed by atoms with E-state index in [1.54, 1.807) is 6.20 Å². The van der Waals surface area contributed by atoms with E-state index in [2.05, 4.69) is 27.5 Å². The van der Waals surface area contributed by atoms with Crippen molar-refractivity contribution in [3.63, 3.8) is 0 Å². The molecule has 6 heteroatoms. The third-order valence-electron chi connectivity index (χ3n) is 4.15. The molecule has 0 radical (unpaired) electrons. The molecule has 5 nitrogen and oxygen atoms in total. The molecule has 2 heterocycles. The molecule has 1 saturated carbocycles. The zero-order chi connectivity index (χ0) is 13.1. The molecule has 1 spiro atoms. The number of aliphatic imine (C=N–C) groups is 1. The molecule has 1 saturated heterocycles. The third-order valence-corrected chi connectivity index (χ3v) is 5.35. The van der Waals surface area contributed by atoms with Crippen LogP contribution < -0.4 is 5.32 Å². The lowest BCUT2D eigenvalue weighted by molar-refractivity contribution is 0.251. The minimum absolute atomic E-state index is 0.337. The summed E-state index contributed by atoms with van der Waals surface area (Å²) in [4.78, 5) is 4.65. The Morgan fingerprint density at radius 1 is 1.53 bits per heavy atom. The van der Waals surface area contributed by atoms with Crippen molar-refractivity contribution < 1.29 is 0 Å². The van der Waals surface area contributed by atoms with Crippen LogP contribution in [0.15, 0.2) is 17.4 Å². The minimum atomic E-state index is 0.337. The summed E-state index contributed by atoms with van der Waals surface area (Å²) in [7, 11) is 0. The first-order chi connectivity index (χ1) is 9.26. The van der Waals surface area contributed by atoms with E-state index in [4.69, 9.17) is 0 Å². The molecule has 0 atom stereocenters. The molecule has 2 aliphatic rings. The lowest BCUT2D eigenvalue weighted by Crippen LogP contribution is -2.46. The summed E-state index contributed by atoms with van der Waals surface area (Å²) >= 11 is 1.88. The van der Waals surface area contributed by atoms with Crippen LogP contribution in [-0.4, -0.2) is 38.0 Å². The van der Waals surface area contributed by atoms with Gasteiger partial charge in [-0.15, -0.1) is 5.10 Å². The standard InChI is InChI=1S/C13H21N5S/c1-11-2-4-13(5-3-11)10-19-12(16-13)14-6-8-18-9-7-15-17-18/h7,9,11H,2-6,8,10H2,1H3,(H,14,16). The van der Waals surface area contributed by atoms with Crippen molar-refractivity contribution in [2.45, 2.75) is 44.7 Å². The van der Waals surface area contributed by atoms with Gasteiger partial charge in [0.05, 0.1) is 19.3 Å². The van der Waals surface area contributed by atoms with Crippen molar-refractivity contribution in [3.05, 3.63) is 12.4 Å². The second-order valence-corrected chi connectivity index (χ2v) is 6.69. The van der Waals surface area contributed by atoms with Gasteiger partial charge in [-0.2, -0.15) is 0 Å². The van der Waals surface area contributed by atoms with Crippen LogP contribution in [0, 0.1) is 5.92 Å². The molecule has 1 aromatic heterocycles. The van der Waals surface area contributed by atoms with Crippen molar-refractivity contribution in [2.24, 2.45) is 10.9 Å². The number of hydrogen-bond donors (Lipinski definition) is 1. The van der Waals surface area contributed by atoms with Crippen LogP contribution >= 0.6 is 11.8 Å². The summed E-state index contributed by atoms with van der Waals surface area (Å²) in [5, 5.41) is 12.5. The van der Waals surface area contributed by atoms with E-state index in [-0.39, 0.29) is 0 Å².